The summed E-state index contributed by atoms with van der Waals surface area (Å²) in [7, 11) is 5.10. The molecule has 1 aromatic carbocycles. The van der Waals surface area contributed by atoms with E-state index in [1.54, 1.807) is 19.3 Å². The zero-order valence-corrected chi connectivity index (χ0v) is 14.0. The van der Waals surface area contributed by atoms with Gasteiger partial charge in [-0.05, 0) is 43.8 Å². The van der Waals surface area contributed by atoms with Crippen LogP contribution in [-0.4, -0.2) is 58.3 Å². The predicted molar refractivity (Wildman–Crippen MR) is 89.0 cm³/mol. The van der Waals surface area contributed by atoms with Gasteiger partial charge in [0, 0.05) is 26.3 Å². The first-order valence-electron chi connectivity index (χ1n) is 7.53. The molecule has 1 amide bonds. The highest BCUT2D eigenvalue weighted by Gasteiger charge is 2.02. The van der Waals surface area contributed by atoms with Gasteiger partial charge in [0.1, 0.15) is 0 Å². The molecule has 0 aromatic heterocycles. The summed E-state index contributed by atoms with van der Waals surface area (Å²) in [6.45, 7) is 3.05. The normalized spacial score (nSPS) is 11.2. The first kappa shape index (κ1) is 19.1. The van der Waals surface area contributed by atoms with Crippen LogP contribution in [0.5, 0.6) is 5.75 Å². The van der Waals surface area contributed by atoms with Crippen molar-refractivity contribution in [1.29, 1.82) is 0 Å². The van der Waals surface area contributed by atoms with Gasteiger partial charge in [0.05, 0.1) is 13.7 Å². The molecule has 128 valence electrons. The molecule has 0 aliphatic heterocycles. The van der Waals surface area contributed by atoms with Crippen LogP contribution in [0.15, 0.2) is 24.3 Å². The van der Waals surface area contributed by atoms with Crippen LogP contribution in [0.2, 0.25) is 0 Å². The van der Waals surface area contributed by atoms with E-state index in [1.165, 1.54) is 25.3 Å². The van der Waals surface area contributed by atoms with Crippen molar-refractivity contribution in [3.63, 3.8) is 0 Å². The number of hydrogen-bond donors (Lipinski definition) is 1. The fourth-order valence-electron chi connectivity index (χ4n) is 1.94. The molecule has 0 atom stereocenters. The Hall–Kier alpha value is -1.92. The smallest absolute Gasteiger partial charge is 0.243 e. The largest absolute Gasteiger partial charge is 0.494 e. The Morgan fingerprint density at radius 1 is 1.35 bits per heavy atom. The molecule has 0 saturated carbocycles. The van der Waals surface area contributed by atoms with Gasteiger partial charge < -0.3 is 19.7 Å². The summed E-state index contributed by atoms with van der Waals surface area (Å²) < 4.78 is 23.4. The quantitative estimate of drug-likeness (QED) is 0.528. The number of halogens is 1. The Bertz CT molecular complexity index is 521. The number of carbonyl (C=O) groups is 1. The second kappa shape index (κ2) is 10.7. The lowest BCUT2D eigenvalue weighted by molar-refractivity contribution is -0.116. The van der Waals surface area contributed by atoms with Crippen LogP contribution < -0.4 is 10.1 Å². The number of methoxy groups -OCH3 is 2. The lowest BCUT2D eigenvalue weighted by Gasteiger charge is -2.15. The average Bonchev–Trinajstić information content (AvgIpc) is 2.55. The summed E-state index contributed by atoms with van der Waals surface area (Å²) in [5.74, 6) is -0.459. The second-order valence-corrected chi connectivity index (χ2v) is 5.17. The standard InChI is InChI=1S/C17H25FN2O3/c1-20(11-12-22-2)10-4-9-19-17(21)8-6-14-5-7-16(23-3)15(18)13-14/h5-8,13H,4,9-12H2,1-3H3,(H,19,21)/b8-6+. The minimum Gasteiger partial charge on any atom is -0.494 e. The van der Waals surface area contributed by atoms with E-state index in [4.69, 9.17) is 9.47 Å². The number of carbonyl (C=O) groups excluding carboxylic acids is 1. The maximum absolute atomic E-state index is 13.5. The van der Waals surface area contributed by atoms with Crippen LogP contribution >= 0.6 is 0 Å². The lowest BCUT2D eigenvalue weighted by Crippen LogP contribution is -2.28. The molecule has 5 nitrogen and oxygen atoms in total. The van der Waals surface area contributed by atoms with Crippen molar-refractivity contribution < 1.29 is 18.7 Å². The zero-order chi connectivity index (χ0) is 17.1. The molecule has 0 bridgehead atoms. The third-order valence-electron chi connectivity index (χ3n) is 3.30. The van der Waals surface area contributed by atoms with Crippen LogP contribution in [0.1, 0.15) is 12.0 Å². The van der Waals surface area contributed by atoms with Gasteiger partial charge in [-0.3, -0.25) is 4.79 Å². The molecule has 0 heterocycles. The first-order valence-corrected chi connectivity index (χ1v) is 7.53. The van der Waals surface area contributed by atoms with Gasteiger partial charge in [0.2, 0.25) is 5.91 Å². The van der Waals surface area contributed by atoms with Gasteiger partial charge in [0.25, 0.3) is 0 Å². The molecule has 0 unspecified atom stereocenters. The number of hydrogen-bond acceptors (Lipinski definition) is 4. The van der Waals surface area contributed by atoms with Gasteiger partial charge in [-0.25, -0.2) is 4.39 Å². The predicted octanol–water partition coefficient (Wildman–Crippen LogP) is 1.93. The van der Waals surface area contributed by atoms with Crippen LogP contribution in [0.4, 0.5) is 4.39 Å². The van der Waals surface area contributed by atoms with E-state index >= 15 is 0 Å². The lowest BCUT2D eigenvalue weighted by atomic mass is 10.2. The van der Waals surface area contributed by atoms with Gasteiger partial charge in [0.15, 0.2) is 11.6 Å². The third-order valence-corrected chi connectivity index (χ3v) is 3.30. The van der Waals surface area contributed by atoms with Crippen LogP contribution in [0, 0.1) is 5.82 Å². The Kier molecular flexibility index (Phi) is 8.94. The number of rotatable bonds is 10. The van der Waals surface area contributed by atoms with Crippen molar-refractivity contribution in [3.8, 4) is 5.75 Å². The molecule has 0 fully saturated rings. The Morgan fingerprint density at radius 2 is 2.13 bits per heavy atom. The number of benzene rings is 1. The van der Waals surface area contributed by atoms with E-state index < -0.39 is 5.82 Å². The van der Waals surface area contributed by atoms with E-state index in [9.17, 15) is 9.18 Å². The minimum atomic E-state index is -0.450. The number of ether oxygens (including phenoxy) is 2. The van der Waals surface area contributed by atoms with Crippen molar-refractivity contribution >= 4 is 12.0 Å². The minimum absolute atomic E-state index is 0.184. The third kappa shape index (κ3) is 7.76. The topological polar surface area (TPSA) is 50.8 Å². The molecule has 0 aliphatic carbocycles. The molecular weight excluding hydrogens is 299 g/mol. The SMILES string of the molecule is COCCN(C)CCCNC(=O)/C=C/c1ccc(OC)c(F)c1. The van der Waals surface area contributed by atoms with Crippen LogP contribution in [0.25, 0.3) is 6.08 Å². The van der Waals surface area contributed by atoms with E-state index in [-0.39, 0.29) is 11.7 Å². The number of likely N-dealkylation sites (N-methyl/N-ethyl adjacent to an activating group) is 1. The molecule has 6 heteroatoms. The van der Waals surface area contributed by atoms with Crippen molar-refractivity contribution in [2.75, 3.05) is 47.5 Å². The van der Waals surface area contributed by atoms with Crippen molar-refractivity contribution in [1.82, 2.24) is 10.2 Å². The monoisotopic (exact) mass is 324 g/mol. The summed E-state index contributed by atoms with van der Waals surface area (Å²) in [5, 5.41) is 2.80. The molecule has 0 spiro atoms. The molecule has 23 heavy (non-hydrogen) atoms. The van der Waals surface area contributed by atoms with Gasteiger partial charge in [-0.2, -0.15) is 0 Å². The second-order valence-electron chi connectivity index (χ2n) is 5.17. The molecule has 0 aliphatic rings. The molecular formula is C17H25FN2O3. The molecule has 0 radical (unpaired) electrons. The average molecular weight is 324 g/mol. The summed E-state index contributed by atoms with van der Waals surface area (Å²) >= 11 is 0. The Balaban J connectivity index is 2.29. The summed E-state index contributed by atoms with van der Waals surface area (Å²) in [5.41, 5.74) is 0.609. The van der Waals surface area contributed by atoms with Crippen LogP contribution in [-0.2, 0) is 9.53 Å². The number of nitrogens with zero attached hydrogens (tertiary/aromatic N) is 1. The summed E-state index contributed by atoms with van der Waals surface area (Å²) in [6, 6.07) is 4.55. The van der Waals surface area contributed by atoms with Gasteiger partial charge in [-0.1, -0.05) is 6.07 Å². The van der Waals surface area contributed by atoms with E-state index in [0.717, 1.165) is 19.5 Å². The highest BCUT2D eigenvalue weighted by atomic mass is 19.1. The molecule has 1 rings (SSSR count). The van der Waals surface area contributed by atoms with Gasteiger partial charge in [-0.15, -0.1) is 0 Å². The number of nitrogens with one attached hydrogen (secondary N) is 1. The molecule has 1 N–H and O–H groups in total. The van der Waals surface area contributed by atoms with Crippen molar-refractivity contribution in [2.24, 2.45) is 0 Å². The summed E-state index contributed by atoms with van der Waals surface area (Å²) in [6.07, 6.45) is 3.83. The van der Waals surface area contributed by atoms with E-state index in [1.807, 2.05) is 7.05 Å². The van der Waals surface area contributed by atoms with Crippen molar-refractivity contribution in [2.45, 2.75) is 6.42 Å². The van der Waals surface area contributed by atoms with E-state index in [2.05, 4.69) is 10.2 Å². The zero-order valence-electron chi connectivity index (χ0n) is 14.0. The highest BCUT2D eigenvalue weighted by molar-refractivity contribution is 5.91. The maximum atomic E-state index is 13.5. The number of amides is 1. The Labute approximate surface area is 137 Å². The molecule has 1 aromatic rings. The van der Waals surface area contributed by atoms with E-state index in [0.29, 0.717) is 18.7 Å². The summed E-state index contributed by atoms with van der Waals surface area (Å²) in [4.78, 5) is 13.8. The van der Waals surface area contributed by atoms with Crippen LogP contribution in [0.3, 0.4) is 0 Å². The Morgan fingerprint density at radius 3 is 2.78 bits per heavy atom. The van der Waals surface area contributed by atoms with Crippen molar-refractivity contribution in [3.05, 3.63) is 35.7 Å². The molecule has 0 saturated heterocycles. The fourth-order valence-corrected chi connectivity index (χ4v) is 1.94. The highest BCUT2D eigenvalue weighted by Crippen LogP contribution is 2.18. The first-order chi connectivity index (χ1) is 11.1. The fraction of sp³-hybridized carbons (Fsp3) is 0.471. The maximum Gasteiger partial charge on any atom is 0.243 e. The van der Waals surface area contributed by atoms with Gasteiger partial charge >= 0.3 is 0 Å².